The van der Waals surface area contributed by atoms with E-state index in [1.165, 1.54) is 24.3 Å². The Hall–Kier alpha value is -2.73. The van der Waals surface area contributed by atoms with E-state index < -0.39 is 0 Å². The third kappa shape index (κ3) is 5.62. The van der Waals surface area contributed by atoms with Crippen molar-refractivity contribution in [3.63, 3.8) is 0 Å². The van der Waals surface area contributed by atoms with Gasteiger partial charge in [-0.15, -0.1) is 0 Å². The Bertz CT molecular complexity index is 808. The number of benzene rings is 2. The van der Waals surface area contributed by atoms with Crippen molar-refractivity contribution in [2.45, 2.75) is 32.8 Å². The molecule has 1 aliphatic heterocycles. The average Bonchev–Trinajstić information content (AvgIpc) is 3.13. The van der Waals surface area contributed by atoms with Crippen LogP contribution in [0.1, 0.15) is 34.3 Å². The highest BCUT2D eigenvalue weighted by atomic mass is 19.1. The number of hydrogen-bond acceptors (Lipinski definition) is 3. The lowest BCUT2D eigenvalue weighted by Crippen LogP contribution is -2.36. The number of hydrogen-bond donors (Lipinski definition) is 2. The highest BCUT2D eigenvalue weighted by Crippen LogP contribution is 2.15. The van der Waals surface area contributed by atoms with Crippen molar-refractivity contribution in [1.82, 2.24) is 5.32 Å². The van der Waals surface area contributed by atoms with E-state index in [9.17, 15) is 9.18 Å². The van der Waals surface area contributed by atoms with Gasteiger partial charge in [0.25, 0.3) is 5.91 Å². The number of nitrogens with zero attached hydrogens (tertiary/aromatic N) is 1. The second-order valence-electron chi connectivity index (χ2n) is 6.79. The van der Waals surface area contributed by atoms with Gasteiger partial charge in [0.15, 0.2) is 0 Å². The van der Waals surface area contributed by atoms with E-state index in [0.29, 0.717) is 18.1 Å². The molecule has 1 amide bonds. The van der Waals surface area contributed by atoms with Crippen LogP contribution in [0, 0.1) is 19.7 Å². The molecule has 1 fully saturated rings. The van der Waals surface area contributed by atoms with E-state index in [-0.39, 0.29) is 17.8 Å². The summed E-state index contributed by atoms with van der Waals surface area (Å²) in [7, 11) is 0. The van der Waals surface area contributed by atoms with Crippen molar-refractivity contribution >= 4 is 17.6 Å². The second kappa shape index (κ2) is 8.77. The zero-order valence-corrected chi connectivity index (χ0v) is 15.6. The second-order valence-corrected chi connectivity index (χ2v) is 6.79. The summed E-state index contributed by atoms with van der Waals surface area (Å²) >= 11 is 0. The van der Waals surface area contributed by atoms with Crippen molar-refractivity contribution in [2.75, 3.05) is 18.5 Å². The predicted octanol–water partition coefficient (Wildman–Crippen LogP) is 3.82. The van der Waals surface area contributed by atoms with Gasteiger partial charge in [0.05, 0.1) is 12.6 Å². The Morgan fingerprint density at radius 2 is 1.89 bits per heavy atom. The van der Waals surface area contributed by atoms with Gasteiger partial charge in [-0.3, -0.25) is 10.1 Å². The number of anilines is 1. The molecule has 1 heterocycles. The first-order chi connectivity index (χ1) is 13.0. The van der Waals surface area contributed by atoms with Crippen LogP contribution in [0.3, 0.4) is 0 Å². The molecule has 0 unspecified atom stereocenters. The quantitative estimate of drug-likeness (QED) is 0.636. The molecule has 27 heavy (non-hydrogen) atoms. The zero-order valence-electron chi connectivity index (χ0n) is 15.6. The maximum atomic E-state index is 13.1. The number of halogens is 1. The smallest absolute Gasteiger partial charge is 0.257 e. The Labute approximate surface area is 158 Å². The number of rotatable bonds is 4. The van der Waals surface area contributed by atoms with E-state index >= 15 is 0 Å². The minimum Gasteiger partial charge on any atom is -0.376 e. The summed E-state index contributed by atoms with van der Waals surface area (Å²) in [5.41, 5.74) is 3.43. The van der Waals surface area contributed by atoms with E-state index in [2.05, 4.69) is 21.7 Å². The number of carbonyl (C=O) groups is 1. The van der Waals surface area contributed by atoms with E-state index in [1.807, 2.05) is 26.0 Å². The van der Waals surface area contributed by atoms with Crippen molar-refractivity contribution in [3.05, 3.63) is 65.0 Å². The molecule has 0 bridgehead atoms. The SMILES string of the molecule is Cc1cc(C)cc(NC(=NC[C@H]2CCCO2)NC(=O)c2ccc(F)cc2)c1. The third-order valence-corrected chi connectivity index (χ3v) is 4.30. The number of amides is 1. The monoisotopic (exact) mass is 369 g/mol. The lowest BCUT2D eigenvalue weighted by Gasteiger charge is -2.14. The molecule has 2 aromatic rings. The molecule has 6 heteroatoms. The van der Waals surface area contributed by atoms with Crippen LogP contribution in [0.5, 0.6) is 0 Å². The molecule has 142 valence electrons. The zero-order chi connectivity index (χ0) is 19.2. The minimum absolute atomic E-state index is 0.0729. The van der Waals surface area contributed by atoms with Gasteiger partial charge in [0.1, 0.15) is 5.82 Å². The molecule has 0 spiro atoms. The summed E-state index contributed by atoms with van der Waals surface area (Å²) < 4.78 is 18.7. The molecule has 3 rings (SSSR count). The molecular formula is C21H24FN3O2. The molecule has 1 atom stereocenters. The van der Waals surface area contributed by atoms with Crippen LogP contribution >= 0.6 is 0 Å². The van der Waals surface area contributed by atoms with E-state index in [1.54, 1.807) is 0 Å². The summed E-state index contributed by atoms with van der Waals surface area (Å²) in [5.74, 6) is -0.380. The fraction of sp³-hybridized carbons (Fsp3) is 0.333. The number of guanidine groups is 1. The van der Waals surface area contributed by atoms with Gasteiger partial charge in [0, 0.05) is 17.9 Å². The lowest BCUT2D eigenvalue weighted by atomic mass is 10.1. The van der Waals surface area contributed by atoms with Crippen molar-refractivity contribution in [2.24, 2.45) is 4.99 Å². The molecule has 2 N–H and O–H groups in total. The van der Waals surface area contributed by atoms with Gasteiger partial charge in [-0.05, 0) is 74.2 Å². The van der Waals surface area contributed by atoms with Crippen LogP contribution < -0.4 is 10.6 Å². The molecule has 0 radical (unpaired) electrons. The highest BCUT2D eigenvalue weighted by Gasteiger charge is 2.16. The number of ether oxygens (including phenoxy) is 1. The van der Waals surface area contributed by atoms with Gasteiger partial charge in [-0.1, -0.05) is 6.07 Å². The maximum absolute atomic E-state index is 13.1. The maximum Gasteiger partial charge on any atom is 0.257 e. The summed E-state index contributed by atoms with van der Waals surface area (Å²) in [4.78, 5) is 17.0. The first kappa shape index (κ1) is 19.0. The van der Waals surface area contributed by atoms with Crippen LogP contribution in [0.4, 0.5) is 10.1 Å². The summed E-state index contributed by atoms with van der Waals surface area (Å²) in [6.07, 6.45) is 2.07. The van der Waals surface area contributed by atoms with Crippen LogP contribution in [0.15, 0.2) is 47.5 Å². The van der Waals surface area contributed by atoms with Crippen LogP contribution in [0.25, 0.3) is 0 Å². The molecule has 1 aliphatic rings. The molecule has 2 aromatic carbocycles. The Balaban J connectivity index is 1.76. The topological polar surface area (TPSA) is 62.7 Å². The van der Waals surface area contributed by atoms with Crippen molar-refractivity contribution < 1.29 is 13.9 Å². The third-order valence-electron chi connectivity index (χ3n) is 4.30. The highest BCUT2D eigenvalue weighted by molar-refractivity contribution is 6.10. The number of aryl methyl sites for hydroxylation is 2. The summed E-state index contributed by atoms with van der Waals surface area (Å²) in [6, 6.07) is 11.5. The fourth-order valence-electron chi connectivity index (χ4n) is 3.06. The van der Waals surface area contributed by atoms with Gasteiger partial charge < -0.3 is 10.1 Å². The van der Waals surface area contributed by atoms with Gasteiger partial charge in [0.2, 0.25) is 5.96 Å². The molecular weight excluding hydrogens is 345 g/mol. The van der Waals surface area contributed by atoms with Gasteiger partial charge in [-0.25, -0.2) is 9.38 Å². The molecule has 0 aromatic heterocycles. The normalized spacial score (nSPS) is 17.0. The van der Waals surface area contributed by atoms with Crippen LogP contribution in [-0.4, -0.2) is 31.1 Å². The Kier molecular flexibility index (Phi) is 6.19. The molecule has 1 saturated heterocycles. The Morgan fingerprint density at radius 3 is 2.52 bits per heavy atom. The standard InChI is InChI=1S/C21H24FN3O2/c1-14-10-15(2)12-18(11-14)24-21(23-13-19-4-3-9-27-19)25-20(26)16-5-7-17(22)8-6-16/h5-8,10-12,19H,3-4,9,13H2,1-2H3,(H2,23,24,25,26)/t19-/m1/s1. The van der Waals surface area contributed by atoms with Crippen LogP contribution in [-0.2, 0) is 4.74 Å². The largest absolute Gasteiger partial charge is 0.376 e. The molecule has 0 aliphatic carbocycles. The summed E-state index contributed by atoms with van der Waals surface area (Å²) in [6.45, 7) is 5.25. The van der Waals surface area contributed by atoms with Crippen molar-refractivity contribution in [3.8, 4) is 0 Å². The van der Waals surface area contributed by atoms with E-state index in [4.69, 9.17) is 4.74 Å². The lowest BCUT2D eigenvalue weighted by molar-refractivity contribution is 0.0975. The van der Waals surface area contributed by atoms with Crippen molar-refractivity contribution in [1.29, 1.82) is 0 Å². The minimum atomic E-state index is -0.382. The average molecular weight is 369 g/mol. The van der Waals surface area contributed by atoms with Gasteiger partial charge in [-0.2, -0.15) is 0 Å². The van der Waals surface area contributed by atoms with Gasteiger partial charge >= 0.3 is 0 Å². The Morgan fingerprint density at radius 1 is 1.19 bits per heavy atom. The number of nitrogens with one attached hydrogen (secondary N) is 2. The number of aliphatic imine (C=N–C) groups is 1. The first-order valence-corrected chi connectivity index (χ1v) is 9.08. The first-order valence-electron chi connectivity index (χ1n) is 9.08. The molecule has 0 saturated carbocycles. The fourth-order valence-corrected chi connectivity index (χ4v) is 3.06. The number of carbonyl (C=O) groups excluding carboxylic acids is 1. The van der Waals surface area contributed by atoms with Crippen LogP contribution in [0.2, 0.25) is 0 Å². The van der Waals surface area contributed by atoms with E-state index in [0.717, 1.165) is 36.3 Å². The predicted molar refractivity (Wildman–Crippen MR) is 105 cm³/mol. The molecule has 5 nitrogen and oxygen atoms in total. The summed E-state index contributed by atoms with van der Waals surface area (Å²) in [5, 5.41) is 5.97.